The number of rotatable bonds is 4. The lowest BCUT2D eigenvalue weighted by Crippen LogP contribution is -2.22. The smallest absolute Gasteiger partial charge is 0.125 e. The highest BCUT2D eigenvalue weighted by Crippen LogP contribution is 2.19. The Morgan fingerprint density at radius 2 is 1.89 bits per heavy atom. The molecule has 0 bridgehead atoms. The molecule has 0 aliphatic carbocycles. The molecular weight excluding hydrogens is 226 g/mol. The fraction of sp³-hybridized carbons (Fsp3) is 0.154. The Hall–Kier alpha value is -2.43. The molecule has 0 radical (unpaired) electrons. The van der Waals surface area contributed by atoms with Gasteiger partial charge in [0, 0.05) is 37.7 Å². The maximum atomic E-state index is 7.56. The lowest BCUT2D eigenvalue weighted by atomic mass is 10.2. The third kappa shape index (κ3) is 2.63. The van der Waals surface area contributed by atoms with Crippen molar-refractivity contribution in [1.29, 1.82) is 5.41 Å². The molecule has 0 saturated carbocycles. The van der Waals surface area contributed by atoms with Crippen molar-refractivity contribution in [3.8, 4) is 0 Å². The van der Waals surface area contributed by atoms with Gasteiger partial charge in [-0.1, -0.05) is 0 Å². The van der Waals surface area contributed by atoms with Crippen LogP contribution in [0.25, 0.3) is 0 Å². The van der Waals surface area contributed by atoms with Gasteiger partial charge < -0.3 is 10.6 Å². The highest BCUT2D eigenvalue weighted by atomic mass is 15.1. The minimum atomic E-state index is 0.0500. The van der Waals surface area contributed by atoms with Gasteiger partial charge in [-0.3, -0.25) is 15.4 Å². The van der Waals surface area contributed by atoms with Gasteiger partial charge in [0.15, 0.2) is 0 Å². The molecule has 0 atom stereocenters. The summed E-state index contributed by atoms with van der Waals surface area (Å²) in [7, 11) is 1.95. The largest absolute Gasteiger partial charge is 0.384 e. The van der Waals surface area contributed by atoms with E-state index < -0.39 is 0 Å². The second kappa shape index (κ2) is 5.27. The second-order valence-electron chi connectivity index (χ2n) is 4.02. The molecule has 2 rings (SSSR count). The molecule has 0 fully saturated rings. The van der Waals surface area contributed by atoms with Gasteiger partial charge in [-0.25, -0.2) is 0 Å². The second-order valence-corrected chi connectivity index (χ2v) is 4.02. The number of nitrogens with two attached hydrogens (primary N) is 1. The number of nitrogens with one attached hydrogen (secondary N) is 1. The van der Waals surface area contributed by atoms with E-state index in [1.807, 2.05) is 24.1 Å². The molecular formula is C13H15N5. The average molecular weight is 241 g/mol. The van der Waals surface area contributed by atoms with E-state index in [1.165, 1.54) is 0 Å². The van der Waals surface area contributed by atoms with Crippen LogP contribution in [0, 0.1) is 5.41 Å². The minimum absolute atomic E-state index is 0.0500. The molecule has 5 heteroatoms. The van der Waals surface area contributed by atoms with Crippen molar-refractivity contribution in [2.75, 3.05) is 11.9 Å². The fourth-order valence-electron chi connectivity index (χ4n) is 1.77. The maximum Gasteiger partial charge on any atom is 0.125 e. The summed E-state index contributed by atoms with van der Waals surface area (Å²) >= 11 is 0. The Kier molecular flexibility index (Phi) is 3.52. The lowest BCUT2D eigenvalue weighted by Gasteiger charge is -2.21. The van der Waals surface area contributed by atoms with Gasteiger partial charge in [0.1, 0.15) is 5.84 Å². The number of hydrogen-bond donors (Lipinski definition) is 2. The number of hydrogen-bond acceptors (Lipinski definition) is 4. The number of amidine groups is 1. The first-order valence-corrected chi connectivity index (χ1v) is 5.57. The van der Waals surface area contributed by atoms with Gasteiger partial charge in [0.2, 0.25) is 0 Å². The van der Waals surface area contributed by atoms with Crippen molar-refractivity contribution in [2.45, 2.75) is 6.54 Å². The first-order valence-electron chi connectivity index (χ1n) is 5.57. The van der Waals surface area contributed by atoms with E-state index >= 15 is 0 Å². The van der Waals surface area contributed by atoms with E-state index in [0.29, 0.717) is 12.1 Å². The van der Waals surface area contributed by atoms with Crippen LogP contribution >= 0.6 is 0 Å². The van der Waals surface area contributed by atoms with E-state index in [-0.39, 0.29) is 5.84 Å². The molecule has 0 spiro atoms. The summed E-state index contributed by atoms with van der Waals surface area (Å²) in [5.74, 6) is 0.0500. The number of pyridine rings is 2. The molecule has 18 heavy (non-hydrogen) atoms. The Morgan fingerprint density at radius 1 is 1.22 bits per heavy atom. The van der Waals surface area contributed by atoms with Crippen LogP contribution in [0.4, 0.5) is 5.69 Å². The van der Waals surface area contributed by atoms with Crippen molar-refractivity contribution in [2.24, 2.45) is 5.73 Å². The van der Waals surface area contributed by atoms with Crippen LogP contribution in [-0.4, -0.2) is 22.9 Å². The predicted molar refractivity (Wildman–Crippen MR) is 71.6 cm³/mol. The molecule has 5 nitrogen and oxygen atoms in total. The van der Waals surface area contributed by atoms with E-state index in [4.69, 9.17) is 11.1 Å². The number of nitrogen functional groups attached to an aromatic ring is 1. The van der Waals surface area contributed by atoms with Crippen LogP contribution in [0.1, 0.15) is 11.1 Å². The van der Waals surface area contributed by atoms with Crippen LogP contribution in [0.15, 0.2) is 43.0 Å². The zero-order valence-electron chi connectivity index (χ0n) is 10.2. The third-order valence-corrected chi connectivity index (χ3v) is 2.67. The van der Waals surface area contributed by atoms with Gasteiger partial charge >= 0.3 is 0 Å². The first kappa shape index (κ1) is 12.0. The summed E-state index contributed by atoms with van der Waals surface area (Å²) in [6.07, 6.45) is 6.88. The van der Waals surface area contributed by atoms with Crippen LogP contribution in [0.2, 0.25) is 0 Å². The molecule has 92 valence electrons. The van der Waals surface area contributed by atoms with E-state index in [0.717, 1.165) is 11.3 Å². The molecule has 0 aromatic carbocycles. The SMILES string of the molecule is CN(Cc1ccncc1)c1cnccc1C(=N)N. The van der Waals surface area contributed by atoms with Crippen LogP contribution in [-0.2, 0) is 6.54 Å². The summed E-state index contributed by atoms with van der Waals surface area (Å²) in [6.45, 7) is 0.717. The van der Waals surface area contributed by atoms with Crippen molar-refractivity contribution in [1.82, 2.24) is 9.97 Å². The highest BCUT2D eigenvalue weighted by Gasteiger charge is 2.09. The number of nitrogens with zero attached hydrogens (tertiary/aromatic N) is 3. The first-order chi connectivity index (χ1) is 8.68. The van der Waals surface area contributed by atoms with E-state index in [2.05, 4.69) is 9.97 Å². The van der Waals surface area contributed by atoms with E-state index in [9.17, 15) is 0 Å². The molecule has 3 N–H and O–H groups in total. The minimum Gasteiger partial charge on any atom is -0.384 e. The standard InChI is InChI=1S/C13H15N5/c1-18(9-10-2-5-16-6-3-10)12-8-17-7-4-11(12)13(14)15/h2-8H,9H2,1H3,(H3,14,15). The summed E-state index contributed by atoms with van der Waals surface area (Å²) < 4.78 is 0. The van der Waals surface area contributed by atoms with Crippen molar-refractivity contribution < 1.29 is 0 Å². The average Bonchev–Trinajstić information content (AvgIpc) is 2.40. The number of anilines is 1. The van der Waals surface area contributed by atoms with Gasteiger partial charge in [0.25, 0.3) is 0 Å². The topological polar surface area (TPSA) is 78.9 Å². The quantitative estimate of drug-likeness (QED) is 0.626. The maximum absolute atomic E-state index is 7.56. The highest BCUT2D eigenvalue weighted by molar-refractivity contribution is 6.00. The molecule has 0 unspecified atom stereocenters. The Labute approximate surface area is 106 Å². The zero-order valence-corrected chi connectivity index (χ0v) is 10.2. The molecule has 0 aliphatic heterocycles. The summed E-state index contributed by atoms with van der Waals surface area (Å²) in [5, 5.41) is 7.56. The monoisotopic (exact) mass is 241 g/mol. The van der Waals surface area contributed by atoms with Crippen LogP contribution < -0.4 is 10.6 Å². The van der Waals surface area contributed by atoms with Gasteiger partial charge in [-0.05, 0) is 23.8 Å². The molecule has 2 aromatic heterocycles. The molecule has 2 heterocycles. The fourth-order valence-corrected chi connectivity index (χ4v) is 1.77. The van der Waals surface area contributed by atoms with Gasteiger partial charge in [-0.2, -0.15) is 0 Å². The van der Waals surface area contributed by atoms with Crippen LogP contribution in [0.3, 0.4) is 0 Å². The third-order valence-electron chi connectivity index (χ3n) is 2.67. The normalized spacial score (nSPS) is 10.1. The Morgan fingerprint density at radius 3 is 2.56 bits per heavy atom. The molecule has 0 aliphatic rings. The Bertz CT molecular complexity index is 538. The van der Waals surface area contributed by atoms with Crippen molar-refractivity contribution >= 4 is 11.5 Å². The van der Waals surface area contributed by atoms with Crippen molar-refractivity contribution in [3.05, 3.63) is 54.1 Å². The zero-order chi connectivity index (χ0) is 13.0. The molecule has 0 saturated heterocycles. The molecule has 2 aromatic rings. The van der Waals surface area contributed by atoms with Gasteiger partial charge in [0.05, 0.1) is 11.9 Å². The van der Waals surface area contributed by atoms with Crippen LogP contribution in [0.5, 0.6) is 0 Å². The van der Waals surface area contributed by atoms with Gasteiger partial charge in [-0.15, -0.1) is 0 Å². The lowest BCUT2D eigenvalue weighted by molar-refractivity contribution is 0.912. The van der Waals surface area contributed by atoms with Crippen molar-refractivity contribution in [3.63, 3.8) is 0 Å². The number of aromatic nitrogens is 2. The Balaban J connectivity index is 2.24. The predicted octanol–water partition coefficient (Wildman–Crippen LogP) is 1.40. The summed E-state index contributed by atoms with van der Waals surface area (Å²) in [6, 6.07) is 5.67. The van der Waals surface area contributed by atoms with E-state index in [1.54, 1.807) is 30.9 Å². The summed E-state index contributed by atoms with van der Waals surface area (Å²) in [5.41, 5.74) is 8.25. The summed E-state index contributed by atoms with van der Waals surface area (Å²) in [4.78, 5) is 10.1. The molecule has 0 amide bonds.